The van der Waals surface area contributed by atoms with E-state index in [-0.39, 0.29) is 0 Å². The van der Waals surface area contributed by atoms with Gasteiger partial charge >= 0.3 is 0 Å². The molecule has 2 heterocycles. The normalized spacial score (nSPS) is 11.8. The number of rotatable bonds is 2. The maximum atomic E-state index is 5.70. The van der Waals surface area contributed by atoms with Gasteiger partial charge in [0.25, 0.3) is 0 Å². The van der Waals surface area contributed by atoms with E-state index in [1.807, 2.05) is 24.5 Å². The Kier molecular flexibility index (Phi) is 7.50. The van der Waals surface area contributed by atoms with Crippen LogP contribution < -0.4 is 0 Å². The van der Waals surface area contributed by atoms with Crippen LogP contribution in [0.15, 0.2) is 24.5 Å². The Labute approximate surface area is 154 Å². The molecule has 0 atom stereocenters. The van der Waals surface area contributed by atoms with E-state index in [9.17, 15) is 0 Å². The van der Waals surface area contributed by atoms with Gasteiger partial charge in [-0.2, -0.15) is 0 Å². The molecule has 0 aliphatic heterocycles. The molecular formula is C18H26Cl2N2S. The molecule has 2 rings (SSSR count). The van der Waals surface area contributed by atoms with Crippen molar-refractivity contribution in [2.24, 2.45) is 10.8 Å². The van der Waals surface area contributed by atoms with Crippen molar-refractivity contribution in [3.8, 4) is 0 Å². The quantitative estimate of drug-likeness (QED) is 0.547. The first-order valence-electron chi connectivity index (χ1n) is 7.65. The highest BCUT2D eigenvalue weighted by molar-refractivity contribution is 7.15. The molecular weight excluding hydrogens is 347 g/mol. The summed E-state index contributed by atoms with van der Waals surface area (Å²) in [6, 6.07) is 3.86. The number of nitrogens with zero attached hydrogens (tertiary/aromatic N) is 2. The highest BCUT2D eigenvalue weighted by Crippen LogP contribution is 2.26. The molecule has 128 valence electrons. The molecule has 0 bridgehead atoms. The Bertz CT molecular complexity index is 593. The molecule has 23 heavy (non-hydrogen) atoms. The molecule has 0 saturated carbocycles. The third-order valence-corrected chi connectivity index (χ3v) is 4.09. The zero-order chi connectivity index (χ0) is 17.7. The summed E-state index contributed by atoms with van der Waals surface area (Å²) >= 11 is 12.9. The van der Waals surface area contributed by atoms with Crippen molar-refractivity contribution in [2.45, 2.75) is 54.4 Å². The standard InChI is InChI=1S/C10H14ClN.C8H12ClNS/c1-10(2,3)6-8-4-5-9(11)12-7-8;1-8(2,3)4-6-5-10-7(9)11-6/h4-5,7H,6H2,1-3H3;5H,4H2,1-3H3. The summed E-state index contributed by atoms with van der Waals surface area (Å²) in [5.41, 5.74) is 1.89. The van der Waals surface area contributed by atoms with E-state index in [2.05, 4.69) is 51.5 Å². The van der Waals surface area contributed by atoms with Crippen LogP contribution in [0.3, 0.4) is 0 Å². The van der Waals surface area contributed by atoms with Gasteiger partial charge in [0.15, 0.2) is 4.47 Å². The van der Waals surface area contributed by atoms with Gasteiger partial charge in [0.05, 0.1) is 0 Å². The first-order chi connectivity index (χ1) is 10.4. The van der Waals surface area contributed by atoms with Gasteiger partial charge in [-0.15, -0.1) is 11.3 Å². The fourth-order valence-electron chi connectivity index (χ4n) is 2.01. The highest BCUT2D eigenvalue weighted by atomic mass is 35.5. The van der Waals surface area contributed by atoms with E-state index >= 15 is 0 Å². The van der Waals surface area contributed by atoms with E-state index in [0.29, 0.717) is 20.4 Å². The van der Waals surface area contributed by atoms with E-state index in [0.717, 1.165) is 12.8 Å². The smallest absolute Gasteiger partial charge is 0.183 e. The molecule has 0 saturated heterocycles. The molecule has 0 aliphatic carbocycles. The lowest BCUT2D eigenvalue weighted by atomic mass is 9.89. The lowest BCUT2D eigenvalue weighted by Crippen LogP contribution is -2.09. The summed E-state index contributed by atoms with van der Waals surface area (Å²) in [6.07, 6.45) is 5.79. The van der Waals surface area contributed by atoms with Crippen LogP contribution in [0, 0.1) is 10.8 Å². The topological polar surface area (TPSA) is 25.8 Å². The molecule has 2 aromatic heterocycles. The Balaban J connectivity index is 0.000000231. The average molecular weight is 373 g/mol. The Morgan fingerprint density at radius 1 is 0.870 bits per heavy atom. The maximum Gasteiger partial charge on any atom is 0.183 e. The lowest BCUT2D eigenvalue weighted by Gasteiger charge is -2.17. The summed E-state index contributed by atoms with van der Waals surface area (Å²) in [7, 11) is 0. The second-order valence-electron chi connectivity index (χ2n) is 8.04. The molecule has 0 N–H and O–H groups in total. The van der Waals surface area contributed by atoms with Crippen molar-refractivity contribution in [2.75, 3.05) is 0 Å². The van der Waals surface area contributed by atoms with Gasteiger partial charge in [0.2, 0.25) is 0 Å². The molecule has 0 spiro atoms. The molecule has 0 fully saturated rings. The van der Waals surface area contributed by atoms with Gasteiger partial charge in [-0.25, -0.2) is 9.97 Å². The largest absolute Gasteiger partial charge is 0.244 e. The lowest BCUT2D eigenvalue weighted by molar-refractivity contribution is 0.410. The van der Waals surface area contributed by atoms with Crippen LogP contribution in [0.5, 0.6) is 0 Å². The van der Waals surface area contributed by atoms with Crippen molar-refractivity contribution >= 4 is 34.5 Å². The Hall–Kier alpha value is -0.640. The monoisotopic (exact) mass is 372 g/mol. The van der Waals surface area contributed by atoms with Gasteiger partial charge in [0.1, 0.15) is 5.15 Å². The predicted molar refractivity (Wildman–Crippen MR) is 103 cm³/mol. The van der Waals surface area contributed by atoms with E-state index in [4.69, 9.17) is 23.2 Å². The molecule has 0 radical (unpaired) electrons. The SMILES string of the molecule is CC(C)(C)Cc1ccc(Cl)nc1.CC(C)(C)Cc1cnc(Cl)s1. The van der Waals surface area contributed by atoms with E-state index in [1.54, 1.807) is 11.3 Å². The van der Waals surface area contributed by atoms with Gasteiger partial charge in [-0.05, 0) is 35.3 Å². The van der Waals surface area contributed by atoms with Gasteiger partial charge in [-0.3, -0.25) is 0 Å². The molecule has 0 aliphatic rings. The van der Waals surface area contributed by atoms with Crippen molar-refractivity contribution in [1.82, 2.24) is 9.97 Å². The maximum absolute atomic E-state index is 5.70. The van der Waals surface area contributed by atoms with Gasteiger partial charge in [0, 0.05) is 17.3 Å². The van der Waals surface area contributed by atoms with Crippen LogP contribution in [0.1, 0.15) is 52.0 Å². The van der Waals surface area contributed by atoms with Crippen LogP contribution in [0.4, 0.5) is 0 Å². The van der Waals surface area contributed by atoms with E-state index in [1.165, 1.54) is 10.4 Å². The van der Waals surface area contributed by atoms with Crippen LogP contribution in [0.2, 0.25) is 9.62 Å². The van der Waals surface area contributed by atoms with Crippen molar-refractivity contribution in [3.05, 3.63) is 44.6 Å². The van der Waals surface area contributed by atoms with Gasteiger partial charge in [-0.1, -0.05) is 70.8 Å². The zero-order valence-corrected chi connectivity index (χ0v) is 17.1. The molecule has 2 nitrogen and oxygen atoms in total. The third kappa shape index (κ3) is 9.95. The summed E-state index contributed by atoms with van der Waals surface area (Å²) in [5.74, 6) is 0. The third-order valence-electron chi connectivity index (χ3n) is 2.75. The summed E-state index contributed by atoms with van der Waals surface area (Å²) in [6.45, 7) is 13.3. The average Bonchev–Trinajstić information content (AvgIpc) is 2.74. The van der Waals surface area contributed by atoms with Crippen molar-refractivity contribution in [1.29, 1.82) is 0 Å². The minimum atomic E-state index is 0.315. The molecule has 0 unspecified atom stereocenters. The van der Waals surface area contributed by atoms with Crippen LogP contribution in [0.25, 0.3) is 0 Å². The van der Waals surface area contributed by atoms with Crippen LogP contribution in [-0.2, 0) is 12.8 Å². The predicted octanol–water partition coefficient (Wildman–Crippen LogP) is 6.71. The Morgan fingerprint density at radius 3 is 1.87 bits per heavy atom. The number of hydrogen-bond acceptors (Lipinski definition) is 3. The first-order valence-corrected chi connectivity index (χ1v) is 9.22. The zero-order valence-electron chi connectivity index (χ0n) is 14.8. The molecule has 0 amide bonds. The molecule has 0 aromatic carbocycles. The summed E-state index contributed by atoms with van der Waals surface area (Å²) < 4.78 is 0.643. The highest BCUT2D eigenvalue weighted by Gasteiger charge is 2.13. The Morgan fingerprint density at radius 2 is 1.48 bits per heavy atom. The van der Waals surface area contributed by atoms with Crippen molar-refractivity contribution in [3.63, 3.8) is 0 Å². The first kappa shape index (κ1) is 20.4. The molecule has 2 aromatic rings. The number of thiazole rings is 1. The molecule has 5 heteroatoms. The summed E-state index contributed by atoms with van der Waals surface area (Å²) in [4.78, 5) is 9.28. The van der Waals surface area contributed by atoms with E-state index < -0.39 is 0 Å². The van der Waals surface area contributed by atoms with Crippen LogP contribution >= 0.6 is 34.5 Å². The second kappa shape index (κ2) is 8.46. The minimum absolute atomic E-state index is 0.315. The number of aromatic nitrogens is 2. The fourth-order valence-corrected chi connectivity index (χ4v) is 3.40. The van der Waals surface area contributed by atoms with Crippen LogP contribution in [-0.4, -0.2) is 9.97 Å². The number of hydrogen-bond donors (Lipinski definition) is 0. The fraction of sp³-hybridized carbons (Fsp3) is 0.556. The van der Waals surface area contributed by atoms with Crippen molar-refractivity contribution < 1.29 is 0 Å². The summed E-state index contributed by atoms with van der Waals surface area (Å²) in [5, 5.41) is 0.563. The minimum Gasteiger partial charge on any atom is -0.244 e. The van der Waals surface area contributed by atoms with Gasteiger partial charge < -0.3 is 0 Å². The number of pyridine rings is 1. The second-order valence-corrected chi connectivity index (χ2v) is 10.1. The number of halogens is 2.